The number of imidazole rings is 1. The minimum atomic E-state index is -0.170. The number of anilines is 3. The van der Waals surface area contributed by atoms with Crippen LogP contribution in [0.4, 0.5) is 17.1 Å². The van der Waals surface area contributed by atoms with Gasteiger partial charge in [0.05, 0.1) is 11.0 Å². The van der Waals surface area contributed by atoms with Gasteiger partial charge in [0.15, 0.2) is 0 Å². The van der Waals surface area contributed by atoms with Crippen LogP contribution in [0.5, 0.6) is 0 Å². The second kappa shape index (κ2) is 13.1. The highest BCUT2D eigenvalue weighted by Gasteiger charge is 2.15. The van der Waals surface area contributed by atoms with Crippen molar-refractivity contribution in [1.82, 2.24) is 14.9 Å². The number of aromatic amines is 1. The fourth-order valence-electron chi connectivity index (χ4n) is 4.82. The van der Waals surface area contributed by atoms with Gasteiger partial charge in [-0.1, -0.05) is 44.2 Å². The number of H-pyrrole nitrogens is 1. The molecule has 0 radical (unpaired) electrons. The molecule has 8 heteroatoms. The van der Waals surface area contributed by atoms with Gasteiger partial charge in [0.2, 0.25) is 0 Å². The van der Waals surface area contributed by atoms with Crippen molar-refractivity contribution in [3.8, 4) is 11.4 Å². The van der Waals surface area contributed by atoms with Gasteiger partial charge >= 0.3 is 0 Å². The summed E-state index contributed by atoms with van der Waals surface area (Å²) in [5, 5.41) is 5.88. The number of carbonyl (C=O) groups excluding carboxylic acids is 2. The summed E-state index contributed by atoms with van der Waals surface area (Å²) in [4.78, 5) is 38.2. The van der Waals surface area contributed by atoms with Crippen molar-refractivity contribution in [2.24, 2.45) is 0 Å². The normalized spacial score (nSPS) is 13.3. The molecule has 0 atom stereocenters. The Morgan fingerprint density at radius 1 is 0.714 bits per heavy atom. The number of rotatable bonds is 6. The highest BCUT2D eigenvalue weighted by molar-refractivity contribution is 6.05. The number of carbonyl (C=O) groups is 2. The van der Waals surface area contributed by atoms with Gasteiger partial charge in [0, 0.05) is 59.9 Å². The Morgan fingerprint density at radius 3 is 1.95 bits per heavy atom. The fraction of sp³-hybridized carbons (Fsp3) is 0.206. The van der Waals surface area contributed by atoms with Gasteiger partial charge in [-0.15, -0.1) is 0 Å². The summed E-state index contributed by atoms with van der Waals surface area (Å²) in [6, 6.07) is 30.0. The summed E-state index contributed by atoms with van der Waals surface area (Å²) in [5.41, 5.74) is 6.20. The predicted octanol–water partition coefficient (Wildman–Crippen LogP) is 6.51. The predicted molar refractivity (Wildman–Crippen MR) is 171 cm³/mol. The number of para-hydroxylation sites is 1. The second-order valence-corrected chi connectivity index (χ2v) is 10.0. The van der Waals surface area contributed by atoms with Crippen LogP contribution in [0.3, 0.4) is 0 Å². The lowest BCUT2D eigenvalue weighted by molar-refractivity contribution is 0.101. The first-order valence-electron chi connectivity index (χ1n) is 14.3. The SMILES string of the molecule is CC.CN1CCN(c2ccc(C(=O)Nc3ccc4nc(-c5ccc(C(=O)Nc6ccccc6)cc5)[nH]c4c3)cc2)CC1. The first-order valence-corrected chi connectivity index (χ1v) is 14.3. The molecule has 0 bridgehead atoms. The first-order chi connectivity index (χ1) is 20.5. The first kappa shape index (κ1) is 28.6. The van der Waals surface area contributed by atoms with E-state index in [1.807, 2.05) is 98.8 Å². The van der Waals surface area contributed by atoms with Gasteiger partial charge in [-0.25, -0.2) is 4.98 Å². The van der Waals surface area contributed by atoms with Gasteiger partial charge < -0.3 is 25.4 Å². The van der Waals surface area contributed by atoms with Crippen LogP contribution in [-0.4, -0.2) is 59.9 Å². The number of hydrogen-bond acceptors (Lipinski definition) is 5. The molecule has 42 heavy (non-hydrogen) atoms. The third-order valence-electron chi connectivity index (χ3n) is 7.19. The van der Waals surface area contributed by atoms with Crippen LogP contribution in [0.1, 0.15) is 34.6 Å². The highest BCUT2D eigenvalue weighted by atomic mass is 16.2. The molecule has 0 saturated carbocycles. The van der Waals surface area contributed by atoms with Crippen LogP contribution < -0.4 is 15.5 Å². The molecule has 4 aromatic carbocycles. The average molecular weight is 561 g/mol. The number of likely N-dealkylation sites (N-methyl/N-ethyl adjacent to an activating group) is 1. The molecule has 2 heterocycles. The Morgan fingerprint density at radius 2 is 1.31 bits per heavy atom. The Hall–Kier alpha value is -4.95. The maximum absolute atomic E-state index is 12.9. The van der Waals surface area contributed by atoms with E-state index in [0.717, 1.165) is 54.2 Å². The largest absolute Gasteiger partial charge is 0.369 e. The van der Waals surface area contributed by atoms with E-state index in [4.69, 9.17) is 0 Å². The van der Waals surface area contributed by atoms with Gasteiger partial charge in [-0.2, -0.15) is 0 Å². The van der Waals surface area contributed by atoms with E-state index < -0.39 is 0 Å². The molecule has 0 aliphatic carbocycles. The van der Waals surface area contributed by atoms with Crippen molar-refractivity contribution >= 4 is 39.9 Å². The lowest BCUT2D eigenvalue weighted by atomic mass is 10.1. The summed E-state index contributed by atoms with van der Waals surface area (Å²) >= 11 is 0. The number of aromatic nitrogens is 2. The molecule has 0 unspecified atom stereocenters. The molecule has 0 spiro atoms. The van der Waals surface area contributed by atoms with Crippen LogP contribution in [0, 0.1) is 0 Å². The van der Waals surface area contributed by atoms with Crippen molar-refractivity contribution in [1.29, 1.82) is 0 Å². The molecule has 3 N–H and O–H groups in total. The van der Waals surface area contributed by atoms with Crippen molar-refractivity contribution in [3.63, 3.8) is 0 Å². The molecule has 1 aromatic heterocycles. The zero-order chi connectivity index (χ0) is 29.5. The van der Waals surface area contributed by atoms with E-state index in [-0.39, 0.29) is 11.8 Å². The van der Waals surface area contributed by atoms with E-state index in [1.54, 1.807) is 12.1 Å². The number of piperazine rings is 1. The quantitative estimate of drug-likeness (QED) is 0.220. The Kier molecular flexibility index (Phi) is 8.94. The number of hydrogen-bond donors (Lipinski definition) is 3. The van der Waals surface area contributed by atoms with Crippen molar-refractivity contribution < 1.29 is 9.59 Å². The maximum Gasteiger partial charge on any atom is 0.255 e. The maximum atomic E-state index is 12.9. The van der Waals surface area contributed by atoms with Gasteiger partial charge in [-0.3, -0.25) is 9.59 Å². The third-order valence-corrected chi connectivity index (χ3v) is 7.19. The molecule has 1 aliphatic heterocycles. The summed E-state index contributed by atoms with van der Waals surface area (Å²) in [7, 11) is 2.14. The number of benzene rings is 4. The topological polar surface area (TPSA) is 93.4 Å². The van der Waals surface area contributed by atoms with E-state index in [9.17, 15) is 9.59 Å². The summed E-state index contributed by atoms with van der Waals surface area (Å²) in [5.74, 6) is 0.359. The van der Waals surface area contributed by atoms with Crippen LogP contribution in [-0.2, 0) is 0 Å². The minimum absolute atomic E-state index is 0.159. The number of nitrogens with one attached hydrogen (secondary N) is 3. The molecule has 2 amide bonds. The van der Waals surface area contributed by atoms with Crippen LogP contribution in [0.25, 0.3) is 22.4 Å². The monoisotopic (exact) mass is 560 g/mol. The highest BCUT2D eigenvalue weighted by Crippen LogP contribution is 2.24. The smallest absolute Gasteiger partial charge is 0.255 e. The van der Waals surface area contributed by atoms with Gasteiger partial charge in [0.1, 0.15) is 5.82 Å². The minimum Gasteiger partial charge on any atom is -0.369 e. The zero-order valence-corrected chi connectivity index (χ0v) is 24.2. The second-order valence-electron chi connectivity index (χ2n) is 10.0. The van der Waals surface area contributed by atoms with Crippen molar-refractivity contribution in [2.45, 2.75) is 13.8 Å². The summed E-state index contributed by atoms with van der Waals surface area (Å²) in [6.07, 6.45) is 0. The van der Waals surface area contributed by atoms with Crippen LogP contribution >= 0.6 is 0 Å². The van der Waals surface area contributed by atoms with Crippen LogP contribution in [0.15, 0.2) is 97.1 Å². The number of nitrogens with zero attached hydrogens (tertiary/aromatic N) is 3. The van der Waals surface area contributed by atoms with Gasteiger partial charge in [-0.05, 0) is 73.8 Å². The van der Waals surface area contributed by atoms with Crippen LogP contribution in [0.2, 0.25) is 0 Å². The Labute approximate surface area is 246 Å². The van der Waals surface area contributed by atoms with Crippen molar-refractivity contribution in [3.05, 3.63) is 108 Å². The summed E-state index contributed by atoms with van der Waals surface area (Å²) < 4.78 is 0. The number of fused-ring (bicyclic) bond motifs is 1. The number of amides is 2. The lowest BCUT2D eigenvalue weighted by Crippen LogP contribution is -2.44. The molecule has 8 nitrogen and oxygen atoms in total. The lowest BCUT2D eigenvalue weighted by Gasteiger charge is -2.34. The molecule has 214 valence electrons. The molecule has 1 aliphatic rings. The third kappa shape index (κ3) is 6.67. The standard InChI is InChI=1S/C32H30N6O2.C2H6/c1-37-17-19-38(20-18-37)27-14-11-24(12-15-27)32(40)34-26-13-16-28-29(21-26)36-30(35-28)22-7-9-23(10-8-22)31(39)33-25-5-3-2-4-6-25;1-2/h2-16,21H,17-20H2,1H3,(H,33,39)(H,34,40)(H,35,36);1-2H3. The van der Waals surface area contributed by atoms with E-state index >= 15 is 0 Å². The molecular formula is C34H36N6O2. The molecule has 1 saturated heterocycles. The Balaban J connectivity index is 0.00000173. The van der Waals surface area contributed by atoms with E-state index in [2.05, 4.69) is 37.4 Å². The molecule has 5 aromatic rings. The molecule has 1 fully saturated rings. The Bertz CT molecular complexity index is 1640. The molecular weight excluding hydrogens is 524 g/mol. The van der Waals surface area contributed by atoms with E-state index in [0.29, 0.717) is 22.6 Å². The fourth-order valence-corrected chi connectivity index (χ4v) is 4.82. The summed E-state index contributed by atoms with van der Waals surface area (Å²) in [6.45, 7) is 8.05. The van der Waals surface area contributed by atoms with E-state index in [1.165, 1.54) is 0 Å². The van der Waals surface area contributed by atoms with Crippen molar-refractivity contribution in [2.75, 3.05) is 48.8 Å². The van der Waals surface area contributed by atoms with Gasteiger partial charge in [0.25, 0.3) is 11.8 Å². The molecule has 6 rings (SSSR count). The zero-order valence-electron chi connectivity index (χ0n) is 24.2. The average Bonchev–Trinajstić information content (AvgIpc) is 3.47.